The van der Waals surface area contributed by atoms with Crippen LogP contribution < -0.4 is 5.32 Å². The van der Waals surface area contributed by atoms with E-state index in [1.165, 1.54) is 21.3 Å². The van der Waals surface area contributed by atoms with Gasteiger partial charge in [-0.2, -0.15) is 0 Å². The van der Waals surface area contributed by atoms with Crippen molar-refractivity contribution >= 4 is 33.3 Å². The van der Waals surface area contributed by atoms with Gasteiger partial charge in [0.05, 0.1) is 0 Å². The Morgan fingerprint density at radius 2 is 2.43 bits per heavy atom. The van der Waals surface area contributed by atoms with Gasteiger partial charge in [-0.1, -0.05) is 12.5 Å². The fraction of sp³-hybridized carbons (Fsp3) is 0.455. The quantitative estimate of drug-likeness (QED) is 0.803. The molecule has 1 aromatic heterocycles. The molecule has 1 rings (SSSR count). The Balaban J connectivity index is 2.43. The molecule has 78 valence electrons. The van der Waals surface area contributed by atoms with Crippen LogP contribution in [0.5, 0.6) is 0 Å². The monoisotopic (exact) mass is 273 g/mol. The van der Waals surface area contributed by atoms with Crippen molar-refractivity contribution in [2.75, 3.05) is 13.1 Å². The molecule has 0 amide bonds. The highest BCUT2D eigenvalue weighted by molar-refractivity contribution is 9.10. The Kier molecular flexibility index (Phi) is 5.45. The van der Waals surface area contributed by atoms with E-state index in [1.807, 2.05) is 0 Å². The number of thiophene rings is 1. The predicted octanol–water partition coefficient (Wildman–Crippen LogP) is 3.91. The maximum absolute atomic E-state index is 3.45. The zero-order valence-corrected chi connectivity index (χ0v) is 11.0. The molecule has 14 heavy (non-hydrogen) atoms. The molecule has 0 aliphatic carbocycles. The SMILES string of the molecule is CCCNCC(C)=Cc1cc(Br)cs1. The van der Waals surface area contributed by atoms with Crippen molar-refractivity contribution in [2.24, 2.45) is 0 Å². The Hall–Kier alpha value is -0.120. The van der Waals surface area contributed by atoms with Crippen LogP contribution in [0.1, 0.15) is 25.1 Å². The molecular weight excluding hydrogens is 258 g/mol. The molecule has 0 aromatic carbocycles. The van der Waals surface area contributed by atoms with E-state index < -0.39 is 0 Å². The molecule has 0 radical (unpaired) electrons. The summed E-state index contributed by atoms with van der Waals surface area (Å²) >= 11 is 5.22. The first-order valence-electron chi connectivity index (χ1n) is 4.84. The lowest BCUT2D eigenvalue weighted by Crippen LogP contribution is -2.16. The van der Waals surface area contributed by atoms with E-state index in [0.717, 1.165) is 13.1 Å². The van der Waals surface area contributed by atoms with Crippen molar-refractivity contribution in [3.8, 4) is 0 Å². The molecule has 0 unspecified atom stereocenters. The highest BCUT2D eigenvalue weighted by Crippen LogP contribution is 2.21. The highest BCUT2D eigenvalue weighted by Gasteiger charge is 1.95. The van der Waals surface area contributed by atoms with Gasteiger partial charge in [0, 0.05) is 21.3 Å². The van der Waals surface area contributed by atoms with Gasteiger partial charge in [-0.05, 0) is 48.0 Å². The average Bonchev–Trinajstić information content (AvgIpc) is 2.52. The standard InChI is InChI=1S/C11H16BrNS/c1-3-4-13-7-9(2)5-11-6-10(12)8-14-11/h5-6,8,13H,3-4,7H2,1-2H3. The Bertz CT molecular complexity index is 304. The van der Waals surface area contributed by atoms with Crippen molar-refractivity contribution in [3.63, 3.8) is 0 Å². The van der Waals surface area contributed by atoms with Crippen molar-refractivity contribution in [3.05, 3.63) is 26.4 Å². The van der Waals surface area contributed by atoms with Crippen LogP contribution in [0.15, 0.2) is 21.5 Å². The largest absolute Gasteiger partial charge is 0.313 e. The molecule has 0 bridgehead atoms. The zero-order chi connectivity index (χ0) is 10.4. The van der Waals surface area contributed by atoms with E-state index >= 15 is 0 Å². The van der Waals surface area contributed by atoms with E-state index in [0.29, 0.717) is 0 Å². The minimum absolute atomic E-state index is 0.989. The van der Waals surface area contributed by atoms with Gasteiger partial charge in [-0.25, -0.2) is 0 Å². The van der Waals surface area contributed by atoms with Crippen molar-refractivity contribution in [1.29, 1.82) is 0 Å². The van der Waals surface area contributed by atoms with Crippen LogP contribution in [-0.4, -0.2) is 13.1 Å². The topological polar surface area (TPSA) is 12.0 Å². The van der Waals surface area contributed by atoms with Gasteiger partial charge in [0.25, 0.3) is 0 Å². The molecule has 0 saturated heterocycles. The summed E-state index contributed by atoms with van der Waals surface area (Å²) in [7, 11) is 0. The molecule has 1 nitrogen and oxygen atoms in total. The van der Waals surface area contributed by atoms with Crippen LogP contribution >= 0.6 is 27.3 Å². The molecular formula is C11H16BrNS. The minimum atomic E-state index is 0.989. The second-order valence-electron chi connectivity index (χ2n) is 3.33. The molecule has 1 aromatic rings. The summed E-state index contributed by atoms with van der Waals surface area (Å²) in [6, 6.07) is 2.15. The maximum atomic E-state index is 3.45. The predicted molar refractivity (Wildman–Crippen MR) is 68.8 cm³/mol. The summed E-state index contributed by atoms with van der Waals surface area (Å²) in [5, 5.41) is 5.50. The summed E-state index contributed by atoms with van der Waals surface area (Å²) in [6.07, 6.45) is 3.43. The fourth-order valence-electron chi connectivity index (χ4n) is 1.16. The molecule has 3 heteroatoms. The maximum Gasteiger partial charge on any atom is 0.0288 e. The first kappa shape index (κ1) is 12.0. The third kappa shape index (κ3) is 4.40. The highest BCUT2D eigenvalue weighted by atomic mass is 79.9. The summed E-state index contributed by atoms with van der Waals surface area (Å²) in [4.78, 5) is 1.31. The van der Waals surface area contributed by atoms with E-state index in [4.69, 9.17) is 0 Å². The summed E-state index contributed by atoms with van der Waals surface area (Å²) in [5.74, 6) is 0. The number of halogens is 1. The minimum Gasteiger partial charge on any atom is -0.313 e. The van der Waals surface area contributed by atoms with Crippen LogP contribution in [0.25, 0.3) is 6.08 Å². The van der Waals surface area contributed by atoms with E-state index in [9.17, 15) is 0 Å². The Morgan fingerprint density at radius 3 is 3.00 bits per heavy atom. The number of rotatable bonds is 5. The second kappa shape index (κ2) is 6.38. The van der Waals surface area contributed by atoms with Gasteiger partial charge in [-0.15, -0.1) is 11.3 Å². The molecule has 1 heterocycles. The van der Waals surface area contributed by atoms with Crippen LogP contribution in [0.2, 0.25) is 0 Å². The summed E-state index contributed by atoms with van der Waals surface area (Å²) < 4.78 is 1.17. The smallest absolute Gasteiger partial charge is 0.0288 e. The Labute approximate surface area is 98.4 Å². The molecule has 0 aliphatic heterocycles. The number of hydrogen-bond donors (Lipinski definition) is 1. The second-order valence-corrected chi connectivity index (χ2v) is 5.19. The van der Waals surface area contributed by atoms with Crippen LogP contribution in [-0.2, 0) is 0 Å². The average molecular weight is 274 g/mol. The Morgan fingerprint density at radius 1 is 1.64 bits per heavy atom. The normalized spacial score (nSPS) is 12.1. The van der Waals surface area contributed by atoms with Gasteiger partial charge in [0.2, 0.25) is 0 Å². The van der Waals surface area contributed by atoms with Crippen LogP contribution in [0.3, 0.4) is 0 Å². The van der Waals surface area contributed by atoms with Gasteiger partial charge in [-0.3, -0.25) is 0 Å². The molecule has 1 N–H and O–H groups in total. The van der Waals surface area contributed by atoms with Gasteiger partial charge < -0.3 is 5.32 Å². The van der Waals surface area contributed by atoms with Crippen LogP contribution in [0, 0.1) is 0 Å². The zero-order valence-electron chi connectivity index (χ0n) is 8.64. The molecule has 0 atom stereocenters. The number of hydrogen-bond acceptors (Lipinski definition) is 2. The van der Waals surface area contributed by atoms with Crippen molar-refractivity contribution < 1.29 is 0 Å². The molecule has 0 saturated carbocycles. The first-order valence-corrected chi connectivity index (χ1v) is 6.51. The van der Waals surface area contributed by atoms with E-state index in [2.05, 4.69) is 52.6 Å². The summed E-state index contributed by atoms with van der Waals surface area (Å²) in [6.45, 7) is 6.43. The molecule has 0 aliphatic rings. The lowest BCUT2D eigenvalue weighted by molar-refractivity contribution is 0.715. The van der Waals surface area contributed by atoms with E-state index in [-0.39, 0.29) is 0 Å². The van der Waals surface area contributed by atoms with Crippen molar-refractivity contribution in [1.82, 2.24) is 5.32 Å². The fourth-order valence-corrected chi connectivity index (χ4v) is 2.62. The first-order chi connectivity index (χ1) is 6.72. The molecule has 0 spiro atoms. The van der Waals surface area contributed by atoms with Crippen molar-refractivity contribution in [2.45, 2.75) is 20.3 Å². The van der Waals surface area contributed by atoms with E-state index in [1.54, 1.807) is 11.3 Å². The third-order valence-electron chi connectivity index (χ3n) is 1.81. The van der Waals surface area contributed by atoms with Gasteiger partial charge >= 0.3 is 0 Å². The summed E-state index contributed by atoms with van der Waals surface area (Å²) in [5.41, 5.74) is 1.38. The van der Waals surface area contributed by atoms with Gasteiger partial charge in [0.1, 0.15) is 0 Å². The lowest BCUT2D eigenvalue weighted by Gasteiger charge is -2.01. The molecule has 0 fully saturated rings. The number of nitrogens with one attached hydrogen (secondary N) is 1. The van der Waals surface area contributed by atoms with Crippen LogP contribution in [0.4, 0.5) is 0 Å². The third-order valence-corrected chi connectivity index (χ3v) is 3.45. The lowest BCUT2D eigenvalue weighted by atomic mass is 10.2. The van der Waals surface area contributed by atoms with Gasteiger partial charge in [0.15, 0.2) is 0 Å².